The van der Waals surface area contributed by atoms with Gasteiger partial charge in [-0.3, -0.25) is 4.79 Å². The largest absolute Gasteiger partial charge is 0.494 e. The minimum atomic E-state index is -0.207. The lowest BCUT2D eigenvalue weighted by Gasteiger charge is -2.06. The summed E-state index contributed by atoms with van der Waals surface area (Å²) in [5.74, 6) is 1.40. The number of nitrogens with zero attached hydrogens (tertiary/aromatic N) is 2. The van der Waals surface area contributed by atoms with Crippen molar-refractivity contribution in [1.82, 2.24) is 15.5 Å². The maximum absolute atomic E-state index is 12.2. The molecule has 0 radical (unpaired) electrons. The Balaban J connectivity index is 1.56. The Bertz CT molecular complexity index is 813. The molecule has 0 unspecified atom stereocenters. The average Bonchev–Trinajstić information content (AvgIpc) is 3.14. The van der Waals surface area contributed by atoms with Crippen molar-refractivity contribution in [3.8, 4) is 17.1 Å². The van der Waals surface area contributed by atoms with E-state index in [0.29, 0.717) is 23.9 Å². The molecule has 1 heterocycles. The van der Waals surface area contributed by atoms with E-state index in [9.17, 15) is 4.79 Å². The van der Waals surface area contributed by atoms with Gasteiger partial charge in [-0.1, -0.05) is 42.4 Å². The lowest BCUT2D eigenvalue weighted by molar-refractivity contribution is 0.0946. The van der Waals surface area contributed by atoms with Gasteiger partial charge in [0.15, 0.2) is 0 Å². The molecule has 6 heteroatoms. The topological polar surface area (TPSA) is 77.2 Å². The average molecular weight is 337 g/mol. The molecular weight excluding hydrogens is 318 g/mol. The van der Waals surface area contributed by atoms with Gasteiger partial charge in [0, 0.05) is 11.1 Å². The normalized spacial score (nSPS) is 10.4. The van der Waals surface area contributed by atoms with Crippen LogP contribution in [0.3, 0.4) is 0 Å². The molecule has 128 valence electrons. The van der Waals surface area contributed by atoms with Crippen LogP contribution in [-0.4, -0.2) is 22.7 Å². The number of hydrogen-bond donors (Lipinski definition) is 1. The molecular formula is C19H19N3O3. The zero-order chi connectivity index (χ0) is 17.5. The summed E-state index contributed by atoms with van der Waals surface area (Å²) in [6, 6.07) is 16.5. The molecule has 0 aliphatic rings. The van der Waals surface area contributed by atoms with Gasteiger partial charge in [-0.05, 0) is 30.7 Å². The fourth-order valence-electron chi connectivity index (χ4n) is 2.21. The molecule has 1 amide bonds. The number of nitrogens with one attached hydrogen (secondary N) is 1. The van der Waals surface area contributed by atoms with E-state index in [1.165, 1.54) is 0 Å². The van der Waals surface area contributed by atoms with Crippen molar-refractivity contribution in [2.75, 3.05) is 6.61 Å². The van der Waals surface area contributed by atoms with Crippen molar-refractivity contribution in [2.45, 2.75) is 19.9 Å². The Kier molecular flexibility index (Phi) is 5.41. The van der Waals surface area contributed by atoms with Crippen LogP contribution in [0.25, 0.3) is 11.4 Å². The van der Waals surface area contributed by atoms with E-state index in [4.69, 9.17) is 9.26 Å². The van der Waals surface area contributed by atoms with E-state index in [1.807, 2.05) is 37.3 Å². The molecule has 0 saturated heterocycles. The summed E-state index contributed by atoms with van der Waals surface area (Å²) in [7, 11) is 0. The predicted molar refractivity (Wildman–Crippen MR) is 93.1 cm³/mol. The van der Waals surface area contributed by atoms with E-state index in [0.717, 1.165) is 17.7 Å². The quantitative estimate of drug-likeness (QED) is 0.714. The Morgan fingerprint density at radius 3 is 2.60 bits per heavy atom. The van der Waals surface area contributed by atoms with Gasteiger partial charge in [0.1, 0.15) is 5.75 Å². The highest BCUT2D eigenvalue weighted by atomic mass is 16.5. The van der Waals surface area contributed by atoms with Crippen molar-refractivity contribution >= 4 is 5.91 Å². The van der Waals surface area contributed by atoms with E-state index in [-0.39, 0.29) is 12.5 Å². The summed E-state index contributed by atoms with van der Waals surface area (Å²) in [6.07, 6.45) is 0.942. The predicted octanol–water partition coefficient (Wildman–Crippen LogP) is 3.46. The summed E-state index contributed by atoms with van der Waals surface area (Å²) < 4.78 is 10.7. The first-order valence-electron chi connectivity index (χ1n) is 8.15. The highest BCUT2D eigenvalue weighted by molar-refractivity contribution is 5.94. The molecule has 1 aromatic heterocycles. The number of carbonyl (C=O) groups excluding carboxylic acids is 1. The summed E-state index contributed by atoms with van der Waals surface area (Å²) >= 11 is 0. The monoisotopic (exact) mass is 337 g/mol. The molecule has 0 spiro atoms. The summed E-state index contributed by atoms with van der Waals surface area (Å²) in [5, 5.41) is 6.69. The number of rotatable bonds is 7. The highest BCUT2D eigenvalue weighted by Gasteiger charge is 2.11. The van der Waals surface area contributed by atoms with Gasteiger partial charge in [-0.25, -0.2) is 0 Å². The van der Waals surface area contributed by atoms with Crippen molar-refractivity contribution in [3.05, 3.63) is 66.1 Å². The zero-order valence-corrected chi connectivity index (χ0v) is 13.9. The number of carbonyl (C=O) groups is 1. The Morgan fingerprint density at radius 1 is 1.12 bits per heavy atom. The molecule has 3 aromatic rings. The Labute approximate surface area is 145 Å². The second-order valence-corrected chi connectivity index (χ2v) is 5.43. The van der Waals surface area contributed by atoms with Crippen LogP contribution in [0.2, 0.25) is 0 Å². The second kappa shape index (κ2) is 8.10. The first kappa shape index (κ1) is 16.7. The maximum Gasteiger partial charge on any atom is 0.251 e. The summed E-state index contributed by atoms with van der Waals surface area (Å²) in [4.78, 5) is 16.5. The van der Waals surface area contributed by atoms with Gasteiger partial charge >= 0.3 is 0 Å². The van der Waals surface area contributed by atoms with Crippen LogP contribution in [0.15, 0.2) is 59.1 Å². The number of amides is 1. The third-order valence-corrected chi connectivity index (χ3v) is 3.49. The van der Waals surface area contributed by atoms with Crippen LogP contribution in [0.1, 0.15) is 29.6 Å². The molecule has 0 aliphatic heterocycles. The molecule has 0 atom stereocenters. The summed E-state index contributed by atoms with van der Waals surface area (Å²) in [5.41, 5.74) is 1.41. The fraction of sp³-hybridized carbons (Fsp3) is 0.211. The van der Waals surface area contributed by atoms with Crippen molar-refractivity contribution in [1.29, 1.82) is 0 Å². The van der Waals surface area contributed by atoms with Crippen LogP contribution < -0.4 is 10.1 Å². The molecule has 25 heavy (non-hydrogen) atoms. The van der Waals surface area contributed by atoms with Crippen molar-refractivity contribution < 1.29 is 14.1 Å². The van der Waals surface area contributed by atoms with Gasteiger partial charge in [-0.2, -0.15) is 4.98 Å². The van der Waals surface area contributed by atoms with E-state index >= 15 is 0 Å². The molecule has 3 rings (SSSR count). The lowest BCUT2D eigenvalue weighted by Crippen LogP contribution is -2.22. The molecule has 0 bridgehead atoms. The fourth-order valence-corrected chi connectivity index (χ4v) is 2.21. The van der Waals surface area contributed by atoms with Gasteiger partial charge in [-0.15, -0.1) is 0 Å². The second-order valence-electron chi connectivity index (χ2n) is 5.43. The third-order valence-electron chi connectivity index (χ3n) is 3.49. The standard InChI is InChI=1S/C19H19N3O3/c1-2-12-24-16-10-8-15(9-11-16)19(23)20-13-17-21-18(22-25-17)14-6-4-3-5-7-14/h3-11H,2,12-13H2,1H3,(H,20,23). The van der Waals surface area contributed by atoms with Gasteiger partial charge < -0.3 is 14.6 Å². The van der Waals surface area contributed by atoms with Gasteiger partial charge in [0.25, 0.3) is 5.91 Å². The molecule has 0 aliphatic carbocycles. The Morgan fingerprint density at radius 2 is 1.88 bits per heavy atom. The molecule has 1 N–H and O–H groups in total. The molecule has 0 saturated carbocycles. The van der Waals surface area contributed by atoms with Crippen LogP contribution >= 0.6 is 0 Å². The van der Waals surface area contributed by atoms with E-state index < -0.39 is 0 Å². The lowest BCUT2D eigenvalue weighted by atomic mass is 10.2. The van der Waals surface area contributed by atoms with E-state index in [1.54, 1.807) is 24.3 Å². The van der Waals surface area contributed by atoms with Crippen LogP contribution in [-0.2, 0) is 6.54 Å². The molecule has 0 fully saturated rings. The van der Waals surface area contributed by atoms with Crippen molar-refractivity contribution in [2.24, 2.45) is 0 Å². The summed E-state index contributed by atoms with van der Waals surface area (Å²) in [6.45, 7) is 2.88. The number of ether oxygens (including phenoxy) is 1. The van der Waals surface area contributed by atoms with Crippen LogP contribution in [0.5, 0.6) is 5.75 Å². The van der Waals surface area contributed by atoms with Gasteiger partial charge in [0.2, 0.25) is 11.7 Å². The van der Waals surface area contributed by atoms with Crippen molar-refractivity contribution in [3.63, 3.8) is 0 Å². The Hall–Kier alpha value is -3.15. The SMILES string of the molecule is CCCOc1ccc(C(=O)NCc2nc(-c3ccccc3)no2)cc1. The van der Waals surface area contributed by atoms with Gasteiger partial charge in [0.05, 0.1) is 13.2 Å². The first-order valence-corrected chi connectivity index (χ1v) is 8.15. The first-order chi connectivity index (χ1) is 12.3. The molecule has 6 nitrogen and oxygen atoms in total. The minimum Gasteiger partial charge on any atom is -0.494 e. The number of benzene rings is 2. The van der Waals surface area contributed by atoms with Crippen LogP contribution in [0.4, 0.5) is 0 Å². The smallest absolute Gasteiger partial charge is 0.251 e. The van der Waals surface area contributed by atoms with Crippen LogP contribution in [0, 0.1) is 0 Å². The minimum absolute atomic E-state index is 0.173. The zero-order valence-electron chi connectivity index (χ0n) is 13.9. The number of aromatic nitrogens is 2. The molecule has 2 aromatic carbocycles. The maximum atomic E-state index is 12.2. The highest BCUT2D eigenvalue weighted by Crippen LogP contribution is 2.15. The third kappa shape index (κ3) is 4.44. The number of hydrogen-bond acceptors (Lipinski definition) is 5. The van der Waals surface area contributed by atoms with E-state index in [2.05, 4.69) is 15.5 Å².